The van der Waals surface area contributed by atoms with Crippen LogP contribution in [0.1, 0.15) is 57.8 Å². The fourth-order valence-electron chi connectivity index (χ4n) is 9.33. The van der Waals surface area contributed by atoms with Gasteiger partial charge in [0.15, 0.2) is 5.78 Å². The van der Waals surface area contributed by atoms with Gasteiger partial charge >= 0.3 is 0 Å². The summed E-state index contributed by atoms with van der Waals surface area (Å²) < 4.78 is 23.2. The van der Waals surface area contributed by atoms with Gasteiger partial charge < -0.3 is 29.7 Å². The molecule has 4 heterocycles. The van der Waals surface area contributed by atoms with Crippen LogP contribution >= 0.6 is 0 Å². The van der Waals surface area contributed by atoms with Crippen LogP contribution in [0.15, 0.2) is 11.8 Å². The molecule has 0 aromatic rings. The van der Waals surface area contributed by atoms with E-state index in [0.717, 1.165) is 45.7 Å². The summed E-state index contributed by atoms with van der Waals surface area (Å²) in [5.74, 6) is 0.305. The highest BCUT2D eigenvalue weighted by atomic mass is 19.1. The number of nitrogens with one attached hydrogen (secondary N) is 1. The van der Waals surface area contributed by atoms with E-state index in [2.05, 4.69) is 27.1 Å². The second-order valence-corrected chi connectivity index (χ2v) is 13.7. The zero-order chi connectivity index (χ0) is 27.4. The lowest BCUT2D eigenvalue weighted by Crippen LogP contribution is -2.74. The Hall–Kier alpha value is -1.55. The van der Waals surface area contributed by atoms with Gasteiger partial charge in [-0.15, -0.1) is 0 Å². The first-order valence-electron chi connectivity index (χ1n) is 16.3. The number of alkyl halides is 1. The Morgan fingerprint density at radius 2 is 1.77 bits per heavy atom. The Labute approximate surface area is 238 Å². The molecule has 222 valence electrons. The van der Waals surface area contributed by atoms with Crippen molar-refractivity contribution in [1.82, 2.24) is 24.9 Å². The summed E-state index contributed by atoms with van der Waals surface area (Å²) >= 11 is 0. The lowest BCUT2D eigenvalue weighted by molar-refractivity contribution is -0.220. The van der Waals surface area contributed by atoms with Crippen LogP contribution < -0.4 is 5.32 Å². The van der Waals surface area contributed by atoms with Crippen molar-refractivity contribution in [3.05, 3.63) is 11.8 Å². The maximum Gasteiger partial charge on any atom is 0.259 e. The summed E-state index contributed by atoms with van der Waals surface area (Å²) in [6, 6.07) is -0.463. The van der Waals surface area contributed by atoms with E-state index in [4.69, 9.17) is 4.74 Å². The van der Waals surface area contributed by atoms with Crippen molar-refractivity contribution >= 4 is 11.7 Å². The molecule has 0 spiro atoms. The molecule has 1 amide bonds. The van der Waals surface area contributed by atoms with E-state index in [-0.39, 0.29) is 48.0 Å². The molecule has 9 heteroatoms. The number of amides is 1. The molecule has 40 heavy (non-hydrogen) atoms. The molecule has 0 aromatic carbocycles. The van der Waals surface area contributed by atoms with Crippen molar-refractivity contribution in [2.24, 2.45) is 17.8 Å². The number of carbonyl (C=O) groups excluding carboxylic acids is 2. The van der Waals surface area contributed by atoms with Crippen LogP contribution in [0, 0.1) is 17.8 Å². The molecule has 3 saturated heterocycles. The third-order valence-electron chi connectivity index (χ3n) is 11.5. The van der Waals surface area contributed by atoms with Crippen LogP contribution in [0.3, 0.4) is 0 Å². The number of piperazine rings is 1. The molecule has 7 aliphatic rings. The van der Waals surface area contributed by atoms with Crippen LogP contribution in [-0.2, 0) is 14.3 Å². The zero-order valence-corrected chi connectivity index (χ0v) is 24.2. The Balaban J connectivity index is 1.19. The van der Waals surface area contributed by atoms with Gasteiger partial charge in [0.1, 0.15) is 6.17 Å². The quantitative estimate of drug-likeness (QED) is 0.519. The Bertz CT molecular complexity index is 995. The average molecular weight is 558 g/mol. The van der Waals surface area contributed by atoms with Gasteiger partial charge in [-0.1, -0.05) is 19.3 Å². The predicted molar refractivity (Wildman–Crippen MR) is 150 cm³/mol. The van der Waals surface area contributed by atoms with Crippen LogP contribution in [0.5, 0.6) is 0 Å². The molecule has 6 fully saturated rings. The van der Waals surface area contributed by atoms with Crippen molar-refractivity contribution in [2.45, 2.75) is 94.3 Å². The van der Waals surface area contributed by atoms with Crippen LogP contribution in [0.4, 0.5) is 4.39 Å². The van der Waals surface area contributed by atoms with E-state index in [1.807, 2.05) is 11.1 Å². The van der Waals surface area contributed by atoms with Gasteiger partial charge in [0.05, 0.1) is 35.9 Å². The fourth-order valence-corrected chi connectivity index (χ4v) is 9.33. The zero-order valence-electron chi connectivity index (χ0n) is 24.2. The number of ether oxygens (including phenoxy) is 1. The van der Waals surface area contributed by atoms with Gasteiger partial charge in [-0.25, -0.2) is 4.39 Å². The third-order valence-corrected chi connectivity index (χ3v) is 11.5. The summed E-state index contributed by atoms with van der Waals surface area (Å²) in [7, 11) is 2.06. The molecule has 3 aliphatic carbocycles. The van der Waals surface area contributed by atoms with Gasteiger partial charge in [0.2, 0.25) is 0 Å². The maximum atomic E-state index is 16.1. The number of fused-ring (bicyclic) bond motifs is 4. The minimum absolute atomic E-state index is 0.0403. The number of carbonyl (C=O) groups is 2. The summed E-state index contributed by atoms with van der Waals surface area (Å²) in [6.45, 7) is 6.79. The highest BCUT2D eigenvalue weighted by Gasteiger charge is 2.60. The van der Waals surface area contributed by atoms with Crippen LogP contribution in [0.25, 0.3) is 0 Å². The molecule has 9 atom stereocenters. The number of rotatable bonds is 5. The van der Waals surface area contributed by atoms with E-state index >= 15 is 4.39 Å². The van der Waals surface area contributed by atoms with E-state index in [9.17, 15) is 9.59 Å². The van der Waals surface area contributed by atoms with E-state index in [0.29, 0.717) is 24.9 Å². The Morgan fingerprint density at radius 1 is 1.00 bits per heavy atom. The highest BCUT2D eigenvalue weighted by Crippen LogP contribution is 2.50. The monoisotopic (exact) mass is 557 g/mol. The van der Waals surface area contributed by atoms with Gasteiger partial charge in [0.25, 0.3) is 5.91 Å². The van der Waals surface area contributed by atoms with E-state index in [1.54, 1.807) is 0 Å². The van der Waals surface area contributed by atoms with Gasteiger partial charge in [-0.3, -0.25) is 9.59 Å². The normalized spacial score (nSPS) is 42.2. The lowest BCUT2D eigenvalue weighted by Gasteiger charge is -2.61. The predicted octanol–water partition coefficient (Wildman–Crippen LogP) is 2.05. The minimum atomic E-state index is -1.17. The summed E-state index contributed by atoms with van der Waals surface area (Å²) in [4.78, 5) is 36.6. The lowest BCUT2D eigenvalue weighted by atomic mass is 9.64. The largest absolute Gasteiger partial charge is 0.369 e. The van der Waals surface area contributed by atoms with Gasteiger partial charge in [-0.2, -0.15) is 0 Å². The Morgan fingerprint density at radius 3 is 2.58 bits per heavy atom. The number of hydrogen-bond acceptors (Lipinski definition) is 7. The van der Waals surface area contributed by atoms with Gasteiger partial charge in [0, 0.05) is 51.4 Å². The van der Waals surface area contributed by atoms with Crippen molar-refractivity contribution in [1.29, 1.82) is 0 Å². The summed E-state index contributed by atoms with van der Waals surface area (Å²) in [5.41, 5.74) is 0.281. The number of nitrogens with zero attached hydrogens (tertiary/aromatic N) is 4. The molecule has 8 nitrogen and oxygen atoms in total. The molecular weight excluding hydrogens is 509 g/mol. The molecule has 0 aromatic heterocycles. The molecule has 4 aliphatic heterocycles. The van der Waals surface area contributed by atoms with E-state index in [1.165, 1.54) is 44.9 Å². The maximum absolute atomic E-state index is 16.1. The molecule has 1 N–H and O–H groups in total. The number of hydrogen-bond donors (Lipinski definition) is 1. The molecule has 0 radical (unpaired) electrons. The second kappa shape index (κ2) is 11.3. The smallest absolute Gasteiger partial charge is 0.259 e. The van der Waals surface area contributed by atoms with Crippen LogP contribution in [0.2, 0.25) is 0 Å². The molecule has 0 bridgehead atoms. The number of likely N-dealkylation sites (N-methyl/N-ethyl adjacent to an activating group) is 1. The fraction of sp³-hybridized carbons (Fsp3) is 0.871. The third kappa shape index (κ3) is 4.82. The van der Waals surface area contributed by atoms with E-state index < -0.39 is 18.1 Å². The summed E-state index contributed by atoms with van der Waals surface area (Å²) in [5, 5.41) is 3.58. The van der Waals surface area contributed by atoms with Crippen molar-refractivity contribution in [2.75, 3.05) is 59.4 Å². The van der Waals surface area contributed by atoms with Crippen molar-refractivity contribution in [3.63, 3.8) is 0 Å². The molecule has 9 unspecified atom stereocenters. The number of Topliss-reactive ketones (excluding diaryl/α,β-unsaturated/α-hetero) is 1. The summed E-state index contributed by atoms with van der Waals surface area (Å²) in [6.07, 6.45) is 10.2. The van der Waals surface area contributed by atoms with Crippen LogP contribution in [-0.4, -0.2) is 127 Å². The first-order chi connectivity index (χ1) is 19.5. The van der Waals surface area contributed by atoms with Gasteiger partial charge in [-0.05, 0) is 70.5 Å². The molecule has 3 saturated carbocycles. The minimum Gasteiger partial charge on any atom is -0.369 e. The molecular formula is C31H48FN5O3. The number of ketones is 1. The number of morpholine rings is 1. The standard InChI is InChI=1S/C31H48FN5O3/c1-34-14-16-36(17-15-34)31(39)23-19-37-25-9-8-20-6-2-3-7-21(20)29(25)40-30-26(33-10-13-35-11-4-5-12-35)24(32)18-22(27(30)37)28(23)38/h19-22,24-27,29-30,33H,2-18H2,1H3. The SMILES string of the molecule is CN1CCN(C(=O)C2=CN3C4CCC5CCCCC5C4OC4C(NCCN5CCCC5)C(F)CC(C2=O)C43)CC1. The number of likely N-dealkylation sites (tertiary alicyclic amines) is 1. The Kier molecular flexibility index (Phi) is 7.69. The topological polar surface area (TPSA) is 68.4 Å². The second-order valence-electron chi connectivity index (χ2n) is 13.7. The highest BCUT2D eigenvalue weighted by molar-refractivity contribution is 6.20. The average Bonchev–Trinajstić information content (AvgIpc) is 3.49. The first kappa shape index (κ1) is 27.3. The van der Waals surface area contributed by atoms with Crippen molar-refractivity contribution < 1.29 is 18.7 Å². The van der Waals surface area contributed by atoms with Crippen molar-refractivity contribution in [3.8, 4) is 0 Å². The number of halogens is 1. The first-order valence-corrected chi connectivity index (χ1v) is 16.3. The molecule has 7 rings (SSSR count).